The monoisotopic (exact) mass is 364 g/mol. The Morgan fingerprint density at radius 2 is 2.04 bits per heavy atom. The molecule has 1 aromatic rings. The molecule has 3 N–H and O–H groups in total. The van der Waals surface area contributed by atoms with Crippen LogP contribution in [0.2, 0.25) is 0 Å². The van der Waals surface area contributed by atoms with Gasteiger partial charge in [0.05, 0.1) is 31.5 Å². The van der Waals surface area contributed by atoms with Gasteiger partial charge in [-0.25, -0.2) is 4.39 Å². The van der Waals surface area contributed by atoms with Gasteiger partial charge in [-0.2, -0.15) is 13.2 Å². The molecule has 2 unspecified atom stereocenters. The SMILES string of the molecule is NC(=O)c1cc(NC(=O)C(CC2COCCO2)C(F)(F)F)ccc1F. The maximum atomic E-state index is 13.4. The molecule has 0 radical (unpaired) electrons. The number of amides is 2. The maximum absolute atomic E-state index is 13.4. The zero-order chi connectivity index (χ0) is 18.6. The van der Waals surface area contributed by atoms with Crippen LogP contribution in [0.4, 0.5) is 23.2 Å². The van der Waals surface area contributed by atoms with Gasteiger partial charge in [-0.3, -0.25) is 9.59 Å². The summed E-state index contributed by atoms with van der Waals surface area (Å²) in [6.07, 6.45) is -6.28. The third-order valence-corrected chi connectivity index (χ3v) is 3.59. The summed E-state index contributed by atoms with van der Waals surface area (Å²) in [5.41, 5.74) is 4.26. The smallest absolute Gasteiger partial charge is 0.376 e. The van der Waals surface area contributed by atoms with E-state index in [2.05, 4.69) is 0 Å². The van der Waals surface area contributed by atoms with Crippen molar-refractivity contribution in [3.63, 3.8) is 0 Å². The number of rotatable bonds is 5. The van der Waals surface area contributed by atoms with E-state index in [0.717, 1.165) is 18.2 Å². The second-order valence-corrected chi connectivity index (χ2v) is 5.45. The average molecular weight is 364 g/mol. The second-order valence-electron chi connectivity index (χ2n) is 5.45. The van der Waals surface area contributed by atoms with Crippen LogP contribution in [0, 0.1) is 11.7 Å². The molecule has 1 aliphatic heterocycles. The minimum absolute atomic E-state index is 0.0395. The van der Waals surface area contributed by atoms with Crippen LogP contribution in [0.25, 0.3) is 0 Å². The van der Waals surface area contributed by atoms with Gasteiger partial charge in [0, 0.05) is 5.69 Å². The first-order valence-electron chi connectivity index (χ1n) is 7.34. The van der Waals surface area contributed by atoms with E-state index >= 15 is 0 Å². The van der Waals surface area contributed by atoms with Crippen LogP contribution in [0.15, 0.2) is 18.2 Å². The number of benzene rings is 1. The molecule has 25 heavy (non-hydrogen) atoms. The van der Waals surface area contributed by atoms with Crippen molar-refractivity contribution in [3.8, 4) is 0 Å². The first-order chi connectivity index (χ1) is 11.7. The average Bonchev–Trinajstić information content (AvgIpc) is 2.54. The number of carbonyl (C=O) groups is 2. The minimum Gasteiger partial charge on any atom is -0.376 e. The molecular formula is C15H16F4N2O4. The van der Waals surface area contributed by atoms with Crippen molar-refractivity contribution in [2.75, 3.05) is 25.1 Å². The van der Waals surface area contributed by atoms with Crippen LogP contribution in [-0.2, 0) is 14.3 Å². The Kier molecular flexibility index (Phi) is 5.96. The van der Waals surface area contributed by atoms with E-state index in [1.54, 1.807) is 0 Å². The number of hydrogen-bond donors (Lipinski definition) is 2. The Hall–Kier alpha value is -2.20. The standard InChI is InChI=1S/C15H16F4N2O4/c16-12-2-1-8(5-10(12)13(20)22)21-14(23)11(15(17,18)19)6-9-7-24-3-4-25-9/h1-2,5,9,11H,3-4,6-7H2,(H2,20,22)(H,21,23). The molecule has 2 amide bonds. The first-order valence-corrected chi connectivity index (χ1v) is 7.34. The Balaban J connectivity index is 2.14. The van der Waals surface area contributed by atoms with Gasteiger partial charge in [-0.05, 0) is 24.6 Å². The lowest BCUT2D eigenvalue weighted by Crippen LogP contribution is -2.40. The molecule has 10 heteroatoms. The highest BCUT2D eigenvalue weighted by Crippen LogP contribution is 2.32. The first kappa shape index (κ1) is 19.1. The molecule has 0 bridgehead atoms. The molecule has 138 valence electrons. The summed E-state index contributed by atoms with van der Waals surface area (Å²) in [4.78, 5) is 23.1. The molecule has 0 spiro atoms. The fourth-order valence-corrected chi connectivity index (χ4v) is 2.35. The molecular weight excluding hydrogens is 348 g/mol. The van der Waals surface area contributed by atoms with E-state index in [-0.39, 0.29) is 25.5 Å². The second kappa shape index (κ2) is 7.79. The number of halogens is 4. The third-order valence-electron chi connectivity index (χ3n) is 3.59. The number of nitrogens with two attached hydrogens (primary N) is 1. The van der Waals surface area contributed by atoms with Gasteiger partial charge in [0.2, 0.25) is 5.91 Å². The molecule has 1 saturated heterocycles. The van der Waals surface area contributed by atoms with Gasteiger partial charge in [0.15, 0.2) is 0 Å². The van der Waals surface area contributed by atoms with Crippen molar-refractivity contribution >= 4 is 17.5 Å². The van der Waals surface area contributed by atoms with E-state index in [4.69, 9.17) is 15.2 Å². The summed E-state index contributed by atoms with van der Waals surface area (Å²) in [7, 11) is 0. The normalized spacial score (nSPS) is 19.3. The molecule has 0 aromatic heterocycles. The van der Waals surface area contributed by atoms with Gasteiger partial charge in [0.25, 0.3) is 5.91 Å². The molecule has 1 fully saturated rings. The van der Waals surface area contributed by atoms with Crippen LogP contribution < -0.4 is 11.1 Å². The van der Waals surface area contributed by atoms with Crippen LogP contribution in [0.5, 0.6) is 0 Å². The summed E-state index contributed by atoms with van der Waals surface area (Å²) in [5.74, 6) is -5.73. The van der Waals surface area contributed by atoms with Crippen molar-refractivity contribution in [1.82, 2.24) is 0 Å². The minimum atomic E-state index is -4.81. The molecule has 0 aliphatic carbocycles. The molecule has 2 atom stereocenters. The topological polar surface area (TPSA) is 90.7 Å². The molecule has 2 rings (SSSR count). The van der Waals surface area contributed by atoms with Crippen molar-refractivity contribution in [2.24, 2.45) is 11.7 Å². The fourth-order valence-electron chi connectivity index (χ4n) is 2.35. The summed E-state index contributed by atoms with van der Waals surface area (Å²) in [5, 5.41) is 2.03. The van der Waals surface area contributed by atoms with Crippen molar-refractivity contribution in [2.45, 2.75) is 18.7 Å². The largest absolute Gasteiger partial charge is 0.400 e. The van der Waals surface area contributed by atoms with Gasteiger partial charge >= 0.3 is 6.18 Å². The number of nitrogens with one attached hydrogen (secondary N) is 1. The molecule has 6 nitrogen and oxygen atoms in total. The third kappa shape index (κ3) is 5.13. The number of ether oxygens (including phenoxy) is 2. The van der Waals surface area contributed by atoms with E-state index in [1.165, 1.54) is 0 Å². The maximum Gasteiger partial charge on any atom is 0.400 e. The van der Waals surface area contributed by atoms with Crippen LogP contribution in [0.1, 0.15) is 16.8 Å². The van der Waals surface area contributed by atoms with Crippen molar-refractivity contribution in [3.05, 3.63) is 29.6 Å². The number of alkyl halides is 3. The number of hydrogen-bond acceptors (Lipinski definition) is 4. The Bertz CT molecular complexity index is 645. The Morgan fingerprint density at radius 1 is 1.32 bits per heavy atom. The van der Waals surface area contributed by atoms with Crippen molar-refractivity contribution in [1.29, 1.82) is 0 Å². The Morgan fingerprint density at radius 3 is 2.60 bits per heavy atom. The number of carbonyl (C=O) groups excluding carboxylic acids is 2. The predicted molar refractivity (Wildman–Crippen MR) is 78.3 cm³/mol. The predicted octanol–water partition coefficient (Wildman–Crippen LogP) is 1.85. The summed E-state index contributed by atoms with van der Waals surface area (Å²) < 4.78 is 63.2. The summed E-state index contributed by atoms with van der Waals surface area (Å²) in [6, 6.07) is 2.74. The van der Waals surface area contributed by atoms with Crippen LogP contribution in [0.3, 0.4) is 0 Å². The zero-order valence-electron chi connectivity index (χ0n) is 12.9. The quantitative estimate of drug-likeness (QED) is 0.780. The van der Waals surface area contributed by atoms with E-state index in [0.29, 0.717) is 0 Å². The van der Waals surface area contributed by atoms with E-state index in [9.17, 15) is 27.2 Å². The van der Waals surface area contributed by atoms with E-state index < -0.39 is 47.8 Å². The van der Waals surface area contributed by atoms with Crippen LogP contribution in [-0.4, -0.2) is 43.9 Å². The fraction of sp³-hybridized carbons (Fsp3) is 0.467. The number of anilines is 1. The van der Waals surface area contributed by atoms with Gasteiger partial charge in [0.1, 0.15) is 11.7 Å². The lowest BCUT2D eigenvalue weighted by atomic mass is 9.99. The zero-order valence-corrected chi connectivity index (χ0v) is 12.9. The number of primary amides is 1. The molecule has 1 heterocycles. The van der Waals surface area contributed by atoms with Crippen molar-refractivity contribution < 1.29 is 36.6 Å². The highest BCUT2D eigenvalue weighted by molar-refractivity contribution is 5.97. The molecule has 0 saturated carbocycles. The lowest BCUT2D eigenvalue weighted by Gasteiger charge is -2.27. The van der Waals surface area contributed by atoms with Gasteiger partial charge in [-0.1, -0.05) is 0 Å². The van der Waals surface area contributed by atoms with Crippen LogP contribution >= 0.6 is 0 Å². The molecule has 1 aromatic carbocycles. The summed E-state index contributed by atoms with van der Waals surface area (Å²) in [6.45, 7) is 0.393. The Labute approximate surface area is 140 Å². The lowest BCUT2D eigenvalue weighted by molar-refractivity contribution is -0.192. The molecule has 1 aliphatic rings. The van der Waals surface area contributed by atoms with Gasteiger partial charge < -0.3 is 20.5 Å². The highest BCUT2D eigenvalue weighted by Gasteiger charge is 2.46. The highest BCUT2D eigenvalue weighted by atomic mass is 19.4. The van der Waals surface area contributed by atoms with E-state index in [1.807, 2.05) is 5.32 Å². The van der Waals surface area contributed by atoms with Gasteiger partial charge in [-0.15, -0.1) is 0 Å². The summed E-state index contributed by atoms with van der Waals surface area (Å²) >= 11 is 0.